The first kappa shape index (κ1) is 31.6. The molecule has 2 aromatic carbocycles. The van der Waals surface area contributed by atoms with Gasteiger partial charge in [-0.15, -0.1) is 0 Å². The summed E-state index contributed by atoms with van der Waals surface area (Å²) in [7, 11) is 4.02. The van der Waals surface area contributed by atoms with E-state index in [1.807, 2.05) is 49.3 Å². The maximum absolute atomic E-state index is 12.6. The van der Waals surface area contributed by atoms with Gasteiger partial charge in [-0.05, 0) is 66.8 Å². The Morgan fingerprint density at radius 2 is 1.54 bits per heavy atom. The van der Waals surface area contributed by atoms with Gasteiger partial charge in [0.25, 0.3) is 5.91 Å². The minimum absolute atomic E-state index is 0.0153. The quantitative estimate of drug-likeness (QED) is 0.331. The van der Waals surface area contributed by atoms with Crippen LogP contribution in [-0.4, -0.2) is 59.8 Å². The number of alkyl halides is 3. The first-order valence-corrected chi connectivity index (χ1v) is 13.5. The number of nitrogens with one attached hydrogen (secondary N) is 2. The SMILES string of the molecule is CN(C)c1nc(NC2CCC(CNC(=O)c3ccc(C(C)(C)C)cc3)CC2)nc2ccccc12.O=C(O)C(F)(F)F. The van der Waals surface area contributed by atoms with Gasteiger partial charge in [-0.25, -0.2) is 9.78 Å². The summed E-state index contributed by atoms with van der Waals surface area (Å²) in [5, 5.41) is 14.9. The zero-order valence-corrected chi connectivity index (χ0v) is 24.0. The Kier molecular flexibility index (Phi) is 10.2. The highest BCUT2D eigenvalue weighted by Gasteiger charge is 2.38. The molecule has 0 bridgehead atoms. The largest absolute Gasteiger partial charge is 0.490 e. The Morgan fingerprint density at radius 1 is 0.951 bits per heavy atom. The fourth-order valence-electron chi connectivity index (χ4n) is 4.62. The molecular weight excluding hydrogens is 535 g/mol. The third kappa shape index (κ3) is 9.06. The highest BCUT2D eigenvalue weighted by atomic mass is 19.4. The van der Waals surface area contributed by atoms with Crippen LogP contribution in [0.25, 0.3) is 10.9 Å². The lowest BCUT2D eigenvalue weighted by molar-refractivity contribution is -0.192. The number of hydrogen-bond donors (Lipinski definition) is 3. The second-order valence-electron chi connectivity index (χ2n) is 11.5. The monoisotopic (exact) mass is 573 g/mol. The summed E-state index contributed by atoms with van der Waals surface area (Å²) in [4.78, 5) is 33.0. The molecule has 41 heavy (non-hydrogen) atoms. The molecule has 1 saturated carbocycles. The first-order valence-electron chi connectivity index (χ1n) is 13.5. The van der Waals surface area contributed by atoms with E-state index in [9.17, 15) is 18.0 Å². The number of hydrogen-bond acceptors (Lipinski definition) is 6. The zero-order valence-electron chi connectivity index (χ0n) is 24.0. The van der Waals surface area contributed by atoms with Crippen LogP contribution in [0.15, 0.2) is 48.5 Å². The molecule has 3 N–H and O–H groups in total. The summed E-state index contributed by atoms with van der Waals surface area (Å²) in [5.74, 6) is -0.613. The number of carboxylic acid groups (broad SMARTS) is 1. The number of halogens is 3. The lowest BCUT2D eigenvalue weighted by atomic mass is 9.86. The van der Waals surface area contributed by atoms with Crippen LogP contribution in [0.1, 0.15) is 62.4 Å². The van der Waals surface area contributed by atoms with Gasteiger partial charge in [0.05, 0.1) is 5.52 Å². The number of rotatable bonds is 6. The molecule has 1 aliphatic carbocycles. The van der Waals surface area contributed by atoms with E-state index in [2.05, 4.69) is 49.6 Å². The van der Waals surface area contributed by atoms with E-state index in [1.165, 1.54) is 5.56 Å². The standard InChI is InChI=1S/C28H37N5O.C2HF3O2/c1-28(2,3)21-14-12-20(13-15-21)26(34)29-18-19-10-16-22(17-11-19)30-27-31-24-9-7-6-8-23(24)25(32-27)33(4)5;3-2(4,5)1(6)7/h6-9,12-15,19,22H,10-11,16-18H2,1-5H3,(H,29,34)(H,30,31,32);(H,6,7). The minimum atomic E-state index is -5.08. The third-order valence-electron chi connectivity index (χ3n) is 6.99. The molecule has 0 atom stereocenters. The van der Waals surface area contributed by atoms with Gasteiger partial charge in [0.1, 0.15) is 5.82 Å². The Hall–Kier alpha value is -3.89. The van der Waals surface area contributed by atoms with E-state index >= 15 is 0 Å². The van der Waals surface area contributed by atoms with Crippen molar-refractivity contribution < 1.29 is 27.9 Å². The second kappa shape index (κ2) is 13.2. The molecule has 11 heteroatoms. The van der Waals surface area contributed by atoms with Crippen molar-refractivity contribution in [1.82, 2.24) is 15.3 Å². The molecule has 0 radical (unpaired) electrons. The lowest BCUT2D eigenvalue weighted by Gasteiger charge is -2.29. The van der Waals surface area contributed by atoms with E-state index in [4.69, 9.17) is 19.9 Å². The highest BCUT2D eigenvalue weighted by Crippen LogP contribution is 2.28. The van der Waals surface area contributed by atoms with Gasteiger partial charge in [0, 0.05) is 37.6 Å². The van der Waals surface area contributed by atoms with Crippen molar-refractivity contribution >= 4 is 34.5 Å². The number of carbonyl (C=O) groups is 2. The average molecular weight is 574 g/mol. The number of aliphatic carboxylic acids is 1. The Labute approximate surface area is 238 Å². The molecule has 0 spiro atoms. The molecule has 3 aromatic rings. The molecule has 0 saturated heterocycles. The number of aromatic nitrogens is 2. The van der Waals surface area contributed by atoms with Crippen molar-refractivity contribution in [3.63, 3.8) is 0 Å². The number of carboxylic acids is 1. The van der Waals surface area contributed by atoms with Crippen molar-refractivity contribution in [3.8, 4) is 0 Å². The molecule has 4 rings (SSSR count). The predicted octanol–water partition coefficient (Wildman–Crippen LogP) is 6.03. The van der Waals surface area contributed by atoms with E-state index in [0.717, 1.165) is 54.5 Å². The van der Waals surface area contributed by atoms with Gasteiger partial charge in [-0.1, -0.05) is 45.0 Å². The van der Waals surface area contributed by atoms with Gasteiger partial charge in [0.2, 0.25) is 5.95 Å². The van der Waals surface area contributed by atoms with Crippen LogP contribution in [0.2, 0.25) is 0 Å². The van der Waals surface area contributed by atoms with Crippen LogP contribution in [0.5, 0.6) is 0 Å². The summed E-state index contributed by atoms with van der Waals surface area (Å²) in [5.41, 5.74) is 3.01. The smallest absolute Gasteiger partial charge is 0.475 e. The van der Waals surface area contributed by atoms with Gasteiger partial charge in [0.15, 0.2) is 0 Å². The van der Waals surface area contributed by atoms with Crippen molar-refractivity contribution in [2.24, 2.45) is 5.92 Å². The van der Waals surface area contributed by atoms with Crippen LogP contribution in [-0.2, 0) is 10.2 Å². The summed E-state index contributed by atoms with van der Waals surface area (Å²) < 4.78 is 31.7. The van der Waals surface area contributed by atoms with E-state index in [-0.39, 0.29) is 11.3 Å². The van der Waals surface area contributed by atoms with Crippen molar-refractivity contribution in [1.29, 1.82) is 0 Å². The maximum atomic E-state index is 12.6. The van der Waals surface area contributed by atoms with Crippen LogP contribution in [0.4, 0.5) is 24.9 Å². The molecule has 0 unspecified atom stereocenters. The Bertz CT molecular complexity index is 1330. The molecule has 222 valence electrons. The van der Waals surface area contributed by atoms with E-state index in [0.29, 0.717) is 17.9 Å². The second-order valence-corrected chi connectivity index (χ2v) is 11.5. The van der Waals surface area contributed by atoms with E-state index < -0.39 is 12.1 Å². The molecule has 1 aliphatic rings. The first-order chi connectivity index (χ1) is 19.1. The summed E-state index contributed by atoms with van der Waals surface area (Å²) >= 11 is 0. The maximum Gasteiger partial charge on any atom is 0.490 e. The van der Waals surface area contributed by atoms with Crippen LogP contribution >= 0.6 is 0 Å². The molecule has 1 aromatic heterocycles. The molecule has 1 heterocycles. The number of amides is 1. The predicted molar refractivity (Wildman–Crippen MR) is 154 cm³/mol. The number of nitrogens with zero attached hydrogens (tertiary/aromatic N) is 3. The molecular formula is C30H38F3N5O3. The summed E-state index contributed by atoms with van der Waals surface area (Å²) in [6.45, 7) is 7.27. The highest BCUT2D eigenvalue weighted by molar-refractivity contribution is 5.94. The topological polar surface area (TPSA) is 107 Å². The van der Waals surface area contributed by atoms with Gasteiger partial charge in [-0.3, -0.25) is 4.79 Å². The summed E-state index contributed by atoms with van der Waals surface area (Å²) in [6.07, 6.45) is -0.827. The van der Waals surface area contributed by atoms with Gasteiger partial charge in [-0.2, -0.15) is 18.2 Å². The molecule has 1 fully saturated rings. The molecule has 8 nitrogen and oxygen atoms in total. The Morgan fingerprint density at radius 3 is 2.07 bits per heavy atom. The number of benzene rings is 2. The normalized spacial score (nSPS) is 17.3. The number of carbonyl (C=O) groups excluding carboxylic acids is 1. The number of anilines is 2. The van der Waals surface area contributed by atoms with Crippen LogP contribution in [0.3, 0.4) is 0 Å². The minimum Gasteiger partial charge on any atom is -0.475 e. The van der Waals surface area contributed by atoms with Crippen LogP contribution in [0, 0.1) is 5.92 Å². The van der Waals surface area contributed by atoms with Gasteiger partial charge < -0.3 is 20.6 Å². The van der Waals surface area contributed by atoms with Crippen LogP contribution < -0.4 is 15.5 Å². The molecule has 0 aliphatic heterocycles. The fourth-order valence-corrected chi connectivity index (χ4v) is 4.62. The Balaban J connectivity index is 0.000000587. The fraction of sp³-hybridized carbons (Fsp3) is 0.467. The van der Waals surface area contributed by atoms with E-state index in [1.54, 1.807) is 0 Å². The van der Waals surface area contributed by atoms with Gasteiger partial charge >= 0.3 is 12.1 Å². The van der Waals surface area contributed by atoms with Crippen molar-refractivity contribution in [2.75, 3.05) is 30.9 Å². The van der Waals surface area contributed by atoms with Crippen molar-refractivity contribution in [3.05, 3.63) is 59.7 Å². The number of para-hydroxylation sites is 1. The number of fused-ring (bicyclic) bond motifs is 1. The lowest BCUT2D eigenvalue weighted by Crippen LogP contribution is -2.34. The zero-order chi connectivity index (χ0) is 30.4. The molecule has 1 amide bonds. The third-order valence-corrected chi connectivity index (χ3v) is 6.99. The summed E-state index contributed by atoms with van der Waals surface area (Å²) in [6, 6.07) is 16.5. The average Bonchev–Trinajstić information content (AvgIpc) is 2.91. The van der Waals surface area contributed by atoms with Crippen molar-refractivity contribution in [2.45, 2.75) is 64.1 Å².